The summed E-state index contributed by atoms with van der Waals surface area (Å²) in [6, 6.07) is 11.4. The number of benzene rings is 1. The highest BCUT2D eigenvalue weighted by Gasteiger charge is 2.01. The van der Waals surface area contributed by atoms with E-state index in [1.165, 1.54) is 0 Å². The van der Waals surface area contributed by atoms with Gasteiger partial charge in [-0.2, -0.15) is 10.4 Å². The summed E-state index contributed by atoms with van der Waals surface area (Å²) >= 11 is 0. The summed E-state index contributed by atoms with van der Waals surface area (Å²) in [5.41, 5.74) is 2.61. The maximum Gasteiger partial charge on any atom is 0.148 e. The molecule has 15 heavy (non-hydrogen) atoms. The smallest absolute Gasteiger partial charge is 0.148 e. The minimum atomic E-state index is 0.659. The molecule has 0 spiro atoms. The maximum absolute atomic E-state index is 8.66. The molecule has 1 heterocycles. The van der Waals surface area contributed by atoms with Crippen molar-refractivity contribution >= 4 is 5.82 Å². The third-order valence-electron chi connectivity index (χ3n) is 2.16. The minimum absolute atomic E-state index is 0.659. The van der Waals surface area contributed by atoms with Gasteiger partial charge in [-0.15, -0.1) is 0 Å². The highest BCUT2D eigenvalue weighted by atomic mass is 15.2. The number of aromatic nitrogens is 2. The summed E-state index contributed by atoms with van der Waals surface area (Å²) in [5.74, 6) is 0.800. The van der Waals surface area contributed by atoms with Crippen LogP contribution < -0.4 is 5.32 Å². The zero-order valence-electron chi connectivity index (χ0n) is 8.28. The van der Waals surface area contributed by atoms with E-state index < -0.39 is 0 Å². The lowest BCUT2D eigenvalue weighted by molar-refractivity contribution is 1.09. The normalized spacial score (nSPS) is 9.60. The van der Waals surface area contributed by atoms with Crippen molar-refractivity contribution in [2.75, 3.05) is 12.4 Å². The number of H-pyrrole nitrogens is 1. The van der Waals surface area contributed by atoms with E-state index >= 15 is 0 Å². The molecule has 0 saturated heterocycles. The Kier molecular flexibility index (Phi) is 2.38. The zero-order valence-corrected chi connectivity index (χ0v) is 8.28. The lowest BCUT2D eigenvalue weighted by atomic mass is 10.1. The van der Waals surface area contributed by atoms with Crippen LogP contribution in [-0.4, -0.2) is 17.2 Å². The summed E-state index contributed by atoms with van der Waals surface area (Å²) in [4.78, 5) is 0. The SMILES string of the molecule is CNc1cc(-c2ccc(C#N)cc2)[nH]n1. The van der Waals surface area contributed by atoms with Crippen molar-refractivity contribution in [2.45, 2.75) is 0 Å². The summed E-state index contributed by atoms with van der Waals surface area (Å²) in [5, 5.41) is 18.6. The molecule has 0 bridgehead atoms. The molecule has 0 atom stereocenters. The molecule has 0 aliphatic rings. The molecule has 0 aliphatic carbocycles. The second kappa shape index (κ2) is 3.84. The van der Waals surface area contributed by atoms with E-state index in [4.69, 9.17) is 5.26 Å². The predicted molar refractivity (Wildman–Crippen MR) is 58.3 cm³/mol. The number of nitrogens with zero attached hydrogens (tertiary/aromatic N) is 2. The van der Waals surface area contributed by atoms with E-state index in [-0.39, 0.29) is 0 Å². The minimum Gasteiger partial charge on any atom is -0.372 e. The Morgan fingerprint density at radius 2 is 2.07 bits per heavy atom. The number of nitrogens with one attached hydrogen (secondary N) is 2. The van der Waals surface area contributed by atoms with Gasteiger partial charge in [-0.1, -0.05) is 12.1 Å². The monoisotopic (exact) mass is 198 g/mol. The number of rotatable bonds is 2. The van der Waals surface area contributed by atoms with E-state index in [1.54, 1.807) is 12.1 Å². The Hall–Kier alpha value is -2.28. The number of hydrogen-bond acceptors (Lipinski definition) is 3. The van der Waals surface area contributed by atoms with Gasteiger partial charge in [0.25, 0.3) is 0 Å². The Bertz CT molecular complexity index is 490. The topological polar surface area (TPSA) is 64.5 Å². The number of aromatic amines is 1. The molecule has 4 heteroatoms. The highest BCUT2D eigenvalue weighted by molar-refractivity contribution is 5.63. The molecule has 0 aliphatic heterocycles. The predicted octanol–water partition coefficient (Wildman–Crippen LogP) is 1.99. The van der Waals surface area contributed by atoms with E-state index in [9.17, 15) is 0 Å². The van der Waals surface area contributed by atoms with Crippen LogP contribution in [0.4, 0.5) is 5.82 Å². The molecule has 0 unspecified atom stereocenters. The molecular weight excluding hydrogens is 188 g/mol. The summed E-state index contributed by atoms with van der Waals surface area (Å²) in [6.07, 6.45) is 0. The van der Waals surface area contributed by atoms with Gasteiger partial charge < -0.3 is 5.32 Å². The highest BCUT2D eigenvalue weighted by Crippen LogP contribution is 2.19. The number of nitriles is 1. The zero-order chi connectivity index (χ0) is 10.7. The van der Waals surface area contributed by atoms with Crippen LogP contribution in [0.25, 0.3) is 11.3 Å². The van der Waals surface area contributed by atoms with E-state index in [1.807, 2.05) is 25.2 Å². The molecule has 2 rings (SSSR count). The van der Waals surface area contributed by atoms with Crippen LogP contribution in [-0.2, 0) is 0 Å². The molecule has 0 amide bonds. The summed E-state index contributed by atoms with van der Waals surface area (Å²) in [6.45, 7) is 0. The summed E-state index contributed by atoms with van der Waals surface area (Å²) < 4.78 is 0. The van der Waals surface area contributed by atoms with Crippen LogP contribution in [0.15, 0.2) is 30.3 Å². The van der Waals surface area contributed by atoms with Gasteiger partial charge in [-0.05, 0) is 17.7 Å². The third-order valence-corrected chi connectivity index (χ3v) is 2.16. The van der Waals surface area contributed by atoms with E-state index in [0.717, 1.165) is 17.1 Å². The lowest BCUT2D eigenvalue weighted by Gasteiger charge is -1.95. The molecule has 0 saturated carbocycles. The van der Waals surface area contributed by atoms with Crippen molar-refractivity contribution < 1.29 is 0 Å². The molecule has 1 aromatic heterocycles. The third kappa shape index (κ3) is 1.81. The fraction of sp³-hybridized carbons (Fsp3) is 0.0909. The van der Waals surface area contributed by atoms with Crippen molar-refractivity contribution in [1.82, 2.24) is 10.2 Å². The average Bonchev–Trinajstić information content (AvgIpc) is 2.78. The summed E-state index contributed by atoms with van der Waals surface area (Å²) in [7, 11) is 1.82. The van der Waals surface area contributed by atoms with Gasteiger partial charge in [0.05, 0.1) is 17.3 Å². The van der Waals surface area contributed by atoms with Crippen LogP contribution in [0.5, 0.6) is 0 Å². The molecule has 2 aromatic rings. The Morgan fingerprint density at radius 1 is 1.33 bits per heavy atom. The van der Waals surface area contributed by atoms with Crippen LogP contribution in [0.3, 0.4) is 0 Å². The van der Waals surface area contributed by atoms with Crippen LogP contribution in [0, 0.1) is 11.3 Å². The van der Waals surface area contributed by atoms with Gasteiger partial charge >= 0.3 is 0 Å². The molecule has 1 aromatic carbocycles. The van der Waals surface area contributed by atoms with Gasteiger partial charge in [0.2, 0.25) is 0 Å². The lowest BCUT2D eigenvalue weighted by Crippen LogP contribution is -1.85. The average molecular weight is 198 g/mol. The fourth-order valence-electron chi connectivity index (χ4n) is 1.32. The first-order valence-electron chi connectivity index (χ1n) is 4.57. The molecule has 0 radical (unpaired) electrons. The standard InChI is InChI=1S/C11H10N4/c1-13-11-6-10(14-15-11)9-4-2-8(7-12)3-5-9/h2-6H,1H3,(H2,13,14,15). The molecule has 2 N–H and O–H groups in total. The quantitative estimate of drug-likeness (QED) is 0.775. The van der Waals surface area contributed by atoms with Crippen molar-refractivity contribution in [2.24, 2.45) is 0 Å². The Labute approximate surface area is 87.6 Å². The first-order chi connectivity index (χ1) is 7.33. The van der Waals surface area contributed by atoms with E-state index in [2.05, 4.69) is 21.6 Å². The second-order valence-electron chi connectivity index (χ2n) is 3.11. The molecule has 4 nitrogen and oxygen atoms in total. The van der Waals surface area contributed by atoms with Crippen LogP contribution in [0.2, 0.25) is 0 Å². The molecular formula is C11H10N4. The van der Waals surface area contributed by atoms with E-state index in [0.29, 0.717) is 5.56 Å². The second-order valence-corrected chi connectivity index (χ2v) is 3.11. The van der Waals surface area contributed by atoms with Crippen LogP contribution in [0.1, 0.15) is 5.56 Å². The van der Waals surface area contributed by atoms with Crippen molar-refractivity contribution in [1.29, 1.82) is 5.26 Å². The Morgan fingerprint density at radius 3 is 2.60 bits per heavy atom. The Balaban J connectivity index is 2.33. The van der Waals surface area contributed by atoms with Crippen LogP contribution >= 0.6 is 0 Å². The van der Waals surface area contributed by atoms with Gasteiger partial charge in [-0.25, -0.2) is 0 Å². The van der Waals surface area contributed by atoms with Crippen molar-refractivity contribution in [3.05, 3.63) is 35.9 Å². The molecule has 74 valence electrons. The van der Waals surface area contributed by atoms with Gasteiger partial charge in [0.15, 0.2) is 0 Å². The first-order valence-corrected chi connectivity index (χ1v) is 4.57. The maximum atomic E-state index is 8.66. The first kappa shape index (κ1) is 9.28. The number of hydrogen-bond donors (Lipinski definition) is 2. The van der Waals surface area contributed by atoms with Gasteiger partial charge in [0, 0.05) is 13.1 Å². The molecule has 0 fully saturated rings. The van der Waals surface area contributed by atoms with Gasteiger partial charge in [-0.3, -0.25) is 5.10 Å². The number of anilines is 1. The fourth-order valence-corrected chi connectivity index (χ4v) is 1.32. The largest absolute Gasteiger partial charge is 0.372 e. The van der Waals surface area contributed by atoms with Crippen molar-refractivity contribution in [3.8, 4) is 17.3 Å². The van der Waals surface area contributed by atoms with Gasteiger partial charge in [0.1, 0.15) is 5.82 Å². The van der Waals surface area contributed by atoms with Crippen molar-refractivity contribution in [3.63, 3.8) is 0 Å².